The lowest BCUT2D eigenvalue weighted by Gasteiger charge is -2.23. The summed E-state index contributed by atoms with van der Waals surface area (Å²) in [5.41, 5.74) is 4.16. The number of aryl methyl sites for hydroxylation is 3. The number of carbonyl (C=O) groups is 2. The average Bonchev–Trinajstić information content (AvgIpc) is 3.27. The van der Waals surface area contributed by atoms with Crippen molar-refractivity contribution in [2.24, 2.45) is 0 Å². The Labute approximate surface area is 170 Å². The Kier molecular flexibility index (Phi) is 4.73. The van der Waals surface area contributed by atoms with Crippen molar-refractivity contribution in [3.8, 4) is 11.5 Å². The quantitative estimate of drug-likeness (QED) is 0.789. The van der Waals surface area contributed by atoms with Crippen LogP contribution in [0, 0.1) is 6.92 Å². The minimum absolute atomic E-state index is 0.178. The third kappa shape index (κ3) is 3.12. The number of imide groups is 1. The maximum atomic E-state index is 13.3. The van der Waals surface area contributed by atoms with E-state index in [0.717, 1.165) is 36.0 Å². The first-order valence-electron chi connectivity index (χ1n) is 9.85. The van der Waals surface area contributed by atoms with Crippen molar-refractivity contribution < 1.29 is 19.1 Å². The van der Waals surface area contributed by atoms with Gasteiger partial charge in [-0.3, -0.25) is 9.69 Å². The van der Waals surface area contributed by atoms with E-state index in [0.29, 0.717) is 11.5 Å². The van der Waals surface area contributed by atoms with Gasteiger partial charge in [0.1, 0.15) is 5.54 Å². The molecule has 1 N–H and O–H groups in total. The first-order chi connectivity index (χ1) is 13.9. The molecule has 1 heterocycles. The number of methoxy groups -OCH3 is 2. The van der Waals surface area contributed by atoms with Crippen molar-refractivity contribution in [3.05, 3.63) is 58.1 Å². The molecule has 1 saturated heterocycles. The van der Waals surface area contributed by atoms with Crippen LogP contribution in [0.3, 0.4) is 0 Å². The molecule has 6 heteroatoms. The van der Waals surface area contributed by atoms with Gasteiger partial charge in [0.25, 0.3) is 5.91 Å². The van der Waals surface area contributed by atoms with Gasteiger partial charge >= 0.3 is 6.03 Å². The molecule has 2 aromatic carbocycles. The fourth-order valence-electron chi connectivity index (χ4n) is 4.28. The van der Waals surface area contributed by atoms with Crippen molar-refractivity contribution in [1.82, 2.24) is 10.2 Å². The third-order valence-electron chi connectivity index (χ3n) is 6.12. The number of nitrogens with zero attached hydrogens (tertiary/aromatic N) is 1. The van der Waals surface area contributed by atoms with Crippen molar-refractivity contribution >= 4 is 11.9 Å². The molecule has 6 nitrogen and oxygen atoms in total. The Morgan fingerprint density at radius 3 is 2.45 bits per heavy atom. The maximum Gasteiger partial charge on any atom is 0.325 e. The Balaban J connectivity index is 1.64. The molecule has 3 amide bonds. The average molecular weight is 394 g/mol. The minimum Gasteiger partial charge on any atom is -0.493 e. The predicted molar refractivity (Wildman–Crippen MR) is 109 cm³/mol. The van der Waals surface area contributed by atoms with Crippen LogP contribution in [0.1, 0.15) is 41.2 Å². The van der Waals surface area contributed by atoms with Gasteiger partial charge < -0.3 is 14.8 Å². The third-order valence-corrected chi connectivity index (χ3v) is 6.12. The van der Waals surface area contributed by atoms with Crippen LogP contribution in [-0.2, 0) is 29.7 Å². The van der Waals surface area contributed by atoms with Crippen molar-refractivity contribution in [3.63, 3.8) is 0 Å². The summed E-state index contributed by atoms with van der Waals surface area (Å²) in [6.45, 7) is 3.89. The van der Waals surface area contributed by atoms with Gasteiger partial charge in [0, 0.05) is 0 Å². The zero-order chi connectivity index (χ0) is 20.8. The van der Waals surface area contributed by atoms with Gasteiger partial charge in [0.2, 0.25) is 0 Å². The zero-order valence-corrected chi connectivity index (χ0v) is 17.3. The van der Waals surface area contributed by atoms with Gasteiger partial charge in [-0.25, -0.2) is 4.79 Å². The number of amides is 3. The number of urea groups is 1. The monoisotopic (exact) mass is 394 g/mol. The van der Waals surface area contributed by atoms with Crippen molar-refractivity contribution in [2.75, 3.05) is 14.2 Å². The lowest BCUT2D eigenvalue weighted by atomic mass is 9.89. The zero-order valence-electron chi connectivity index (χ0n) is 17.3. The maximum absolute atomic E-state index is 13.3. The van der Waals surface area contributed by atoms with Gasteiger partial charge in [-0.2, -0.15) is 0 Å². The molecular weight excluding hydrogens is 368 g/mol. The van der Waals surface area contributed by atoms with E-state index in [-0.39, 0.29) is 18.5 Å². The Bertz CT molecular complexity index is 1000. The van der Waals surface area contributed by atoms with Gasteiger partial charge in [0.05, 0.1) is 20.8 Å². The summed E-state index contributed by atoms with van der Waals surface area (Å²) < 4.78 is 10.7. The number of hydrogen-bond acceptors (Lipinski definition) is 4. The topological polar surface area (TPSA) is 67.9 Å². The van der Waals surface area contributed by atoms with E-state index in [2.05, 4.69) is 17.4 Å². The Morgan fingerprint density at radius 2 is 1.72 bits per heavy atom. The van der Waals surface area contributed by atoms with Crippen LogP contribution in [0.25, 0.3) is 0 Å². The fraction of sp³-hybridized carbons (Fsp3) is 0.391. The van der Waals surface area contributed by atoms with Gasteiger partial charge in [0.15, 0.2) is 11.5 Å². The van der Waals surface area contributed by atoms with Crippen LogP contribution in [0.5, 0.6) is 11.5 Å². The second-order valence-corrected chi connectivity index (χ2v) is 7.92. The molecule has 1 fully saturated rings. The van der Waals surface area contributed by atoms with Gasteiger partial charge in [-0.15, -0.1) is 0 Å². The molecular formula is C23H26N2O4. The molecule has 0 unspecified atom stereocenters. The lowest BCUT2D eigenvalue weighted by Crippen LogP contribution is -2.41. The Hall–Kier alpha value is -3.02. The normalized spacial score (nSPS) is 20.6. The minimum atomic E-state index is -1.06. The molecule has 0 aromatic heterocycles. The highest BCUT2D eigenvalue weighted by Gasteiger charge is 2.49. The smallest absolute Gasteiger partial charge is 0.325 e. The molecule has 2 aliphatic rings. The van der Waals surface area contributed by atoms with E-state index < -0.39 is 5.54 Å². The fourth-order valence-corrected chi connectivity index (χ4v) is 4.28. The van der Waals surface area contributed by atoms with E-state index >= 15 is 0 Å². The standard InChI is InChI=1S/C23H26N2O4/c1-14-10-19(28-3)20(29-4)12-17(14)13-25-21(26)23(2,24-22(25)27)18-9-8-15-6-5-7-16(15)11-18/h8-12H,5-7,13H2,1-4H3,(H,24,27)/t23-/m0/s1. The highest BCUT2D eigenvalue weighted by molar-refractivity contribution is 6.07. The second-order valence-electron chi connectivity index (χ2n) is 7.92. The number of benzene rings is 2. The van der Waals surface area contributed by atoms with E-state index in [1.807, 2.05) is 25.1 Å². The van der Waals surface area contributed by atoms with Gasteiger partial charge in [-0.05, 0) is 73.1 Å². The van der Waals surface area contributed by atoms with Crippen LogP contribution < -0.4 is 14.8 Å². The highest BCUT2D eigenvalue weighted by Crippen LogP contribution is 2.35. The second kappa shape index (κ2) is 7.10. The van der Waals surface area contributed by atoms with Crippen LogP contribution in [-0.4, -0.2) is 31.1 Å². The first kappa shape index (κ1) is 19.3. The number of nitrogens with one attached hydrogen (secondary N) is 1. The van der Waals surface area contributed by atoms with Crippen LogP contribution in [0.4, 0.5) is 4.79 Å². The summed E-state index contributed by atoms with van der Waals surface area (Å²) in [4.78, 5) is 27.3. The molecule has 29 heavy (non-hydrogen) atoms. The largest absolute Gasteiger partial charge is 0.493 e. The molecule has 2 aromatic rings. The number of rotatable bonds is 5. The molecule has 0 saturated carbocycles. The molecule has 0 spiro atoms. The molecule has 1 aliphatic heterocycles. The van der Waals surface area contributed by atoms with Crippen LogP contribution in [0.15, 0.2) is 30.3 Å². The molecule has 152 valence electrons. The van der Waals surface area contributed by atoms with E-state index in [4.69, 9.17) is 9.47 Å². The van der Waals surface area contributed by atoms with E-state index in [9.17, 15) is 9.59 Å². The molecule has 0 bridgehead atoms. The first-order valence-corrected chi connectivity index (χ1v) is 9.85. The number of ether oxygens (including phenoxy) is 2. The summed E-state index contributed by atoms with van der Waals surface area (Å²) in [6, 6.07) is 9.42. The van der Waals surface area contributed by atoms with Crippen molar-refractivity contribution in [2.45, 2.75) is 45.2 Å². The van der Waals surface area contributed by atoms with E-state index in [1.165, 1.54) is 16.0 Å². The molecule has 0 radical (unpaired) electrons. The molecule has 1 atom stereocenters. The summed E-state index contributed by atoms with van der Waals surface area (Å²) in [7, 11) is 3.14. The number of hydrogen-bond donors (Lipinski definition) is 1. The van der Waals surface area contributed by atoms with Gasteiger partial charge in [-0.1, -0.05) is 18.2 Å². The van der Waals surface area contributed by atoms with Crippen LogP contribution >= 0.6 is 0 Å². The molecule has 1 aliphatic carbocycles. The van der Waals surface area contributed by atoms with Crippen LogP contribution in [0.2, 0.25) is 0 Å². The summed E-state index contributed by atoms with van der Waals surface area (Å²) in [6.07, 6.45) is 3.24. The molecule has 4 rings (SSSR count). The number of carbonyl (C=O) groups excluding carboxylic acids is 2. The van der Waals surface area contributed by atoms with E-state index in [1.54, 1.807) is 21.1 Å². The summed E-state index contributed by atoms with van der Waals surface area (Å²) in [5, 5.41) is 2.91. The van der Waals surface area contributed by atoms with Crippen molar-refractivity contribution in [1.29, 1.82) is 0 Å². The highest BCUT2D eigenvalue weighted by atomic mass is 16.5. The SMILES string of the molecule is COc1cc(C)c(CN2C(=O)N[C@@](C)(c3ccc4c(c3)CCC4)C2=O)cc1OC. The summed E-state index contributed by atoms with van der Waals surface area (Å²) >= 11 is 0. The lowest BCUT2D eigenvalue weighted by molar-refractivity contribution is -0.131. The summed E-state index contributed by atoms with van der Waals surface area (Å²) in [5.74, 6) is 0.949. The predicted octanol–water partition coefficient (Wildman–Crippen LogP) is 3.47. The number of fused-ring (bicyclic) bond motifs is 1. The Morgan fingerprint density at radius 1 is 1.03 bits per heavy atom.